The van der Waals surface area contributed by atoms with Crippen LogP contribution in [0.2, 0.25) is 0 Å². The van der Waals surface area contributed by atoms with Crippen molar-refractivity contribution in [3.8, 4) is 6.07 Å². The van der Waals surface area contributed by atoms with Gasteiger partial charge in [0.1, 0.15) is 0 Å². The Kier molecular flexibility index (Phi) is 7.32. The molecule has 0 aliphatic carbocycles. The van der Waals surface area contributed by atoms with Crippen molar-refractivity contribution in [1.29, 1.82) is 5.26 Å². The van der Waals surface area contributed by atoms with Crippen molar-refractivity contribution < 1.29 is 4.79 Å². The molecule has 2 aromatic carbocycles. The molecule has 0 aromatic heterocycles. The summed E-state index contributed by atoms with van der Waals surface area (Å²) in [5.41, 5.74) is 12.2. The molecular formula is C15H17N5O. The highest BCUT2D eigenvalue weighted by Gasteiger charge is 1.98. The number of benzene rings is 2. The molecule has 6 nitrogen and oxygen atoms in total. The molecular weight excluding hydrogens is 266 g/mol. The highest BCUT2D eigenvalue weighted by molar-refractivity contribution is 5.76. The molecule has 0 heterocycles. The standard InChI is InChI=1S/C13H14N4O.C2H3N/c18-13(16-14-11-7-3-1-4-8-11)17-15-12-9-5-2-6-10-12;1-2-3/h1-10,14-15H,(H2,16,17,18);1H3. The number of urea groups is 1. The van der Waals surface area contributed by atoms with Crippen LogP contribution in [0.15, 0.2) is 60.7 Å². The lowest BCUT2D eigenvalue weighted by atomic mass is 10.3. The lowest BCUT2D eigenvalue weighted by molar-refractivity contribution is 0.244. The van der Waals surface area contributed by atoms with Crippen LogP contribution in [0, 0.1) is 11.3 Å². The molecule has 0 saturated heterocycles. The van der Waals surface area contributed by atoms with Gasteiger partial charge in [0.25, 0.3) is 0 Å². The van der Waals surface area contributed by atoms with Crippen molar-refractivity contribution in [2.45, 2.75) is 6.92 Å². The van der Waals surface area contributed by atoms with Crippen molar-refractivity contribution in [3.05, 3.63) is 60.7 Å². The Balaban J connectivity index is 0.000000677. The van der Waals surface area contributed by atoms with E-state index in [1.54, 1.807) is 6.07 Å². The minimum absolute atomic E-state index is 0.372. The van der Waals surface area contributed by atoms with Gasteiger partial charge >= 0.3 is 6.03 Å². The molecule has 0 spiro atoms. The average molecular weight is 283 g/mol. The van der Waals surface area contributed by atoms with Gasteiger partial charge in [-0.2, -0.15) is 5.26 Å². The van der Waals surface area contributed by atoms with Crippen molar-refractivity contribution in [3.63, 3.8) is 0 Å². The molecule has 0 radical (unpaired) electrons. The number of amides is 2. The lowest BCUT2D eigenvalue weighted by Crippen LogP contribution is -2.41. The molecule has 6 heteroatoms. The Labute approximate surface area is 123 Å². The summed E-state index contributed by atoms with van der Waals surface area (Å²) in [4.78, 5) is 11.4. The first-order chi connectivity index (χ1) is 10.3. The van der Waals surface area contributed by atoms with Crippen molar-refractivity contribution in [1.82, 2.24) is 10.9 Å². The fraction of sp³-hybridized carbons (Fsp3) is 0.0667. The van der Waals surface area contributed by atoms with Crippen LogP contribution in [0.25, 0.3) is 0 Å². The molecule has 0 atom stereocenters. The highest BCUT2D eigenvalue weighted by atomic mass is 16.2. The van der Waals surface area contributed by atoms with Gasteiger partial charge in [0, 0.05) is 6.92 Å². The zero-order valence-corrected chi connectivity index (χ0v) is 11.6. The van der Waals surface area contributed by atoms with Crippen LogP contribution in [-0.2, 0) is 0 Å². The first kappa shape index (κ1) is 15.9. The third-order valence-electron chi connectivity index (χ3n) is 2.19. The van der Waals surface area contributed by atoms with Crippen molar-refractivity contribution in [2.24, 2.45) is 0 Å². The van der Waals surface area contributed by atoms with E-state index in [1.807, 2.05) is 60.7 Å². The van der Waals surface area contributed by atoms with Crippen LogP contribution >= 0.6 is 0 Å². The summed E-state index contributed by atoms with van der Waals surface area (Å²) < 4.78 is 0. The SMILES string of the molecule is CC#N.O=C(NNc1ccccc1)NNc1ccccc1. The molecule has 0 saturated carbocycles. The predicted octanol–water partition coefficient (Wildman–Crippen LogP) is 2.87. The molecule has 0 bridgehead atoms. The number of anilines is 2. The number of hydrogen-bond donors (Lipinski definition) is 4. The van der Waals surface area contributed by atoms with Gasteiger partial charge in [0.2, 0.25) is 0 Å². The van der Waals surface area contributed by atoms with Crippen molar-refractivity contribution >= 4 is 17.4 Å². The van der Waals surface area contributed by atoms with E-state index in [2.05, 4.69) is 21.7 Å². The number of carbonyl (C=O) groups excluding carboxylic acids is 1. The predicted molar refractivity (Wildman–Crippen MR) is 83.1 cm³/mol. The second kappa shape index (κ2) is 9.69. The first-order valence-corrected chi connectivity index (χ1v) is 6.25. The van der Waals surface area contributed by atoms with Crippen LogP contribution in [0.1, 0.15) is 6.92 Å². The summed E-state index contributed by atoms with van der Waals surface area (Å²) in [6.45, 7) is 1.43. The number of nitrogens with zero attached hydrogens (tertiary/aromatic N) is 1. The molecule has 2 aromatic rings. The molecule has 2 rings (SSSR count). The van der Waals surface area contributed by atoms with Gasteiger partial charge in [0.05, 0.1) is 17.4 Å². The summed E-state index contributed by atoms with van der Waals surface area (Å²) in [7, 11) is 0. The number of hydrogen-bond acceptors (Lipinski definition) is 4. The number of carbonyl (C=O) groups is 1. The number of nitrogens with one attached hydrogen (secondary N) is 4. The number of nitriles is 1. The molecule has 0 aliphatic rings. The Bertz CT molecular complexity index is 520. The maximum atomic E-state index is 11.4. The van der Waals surface area contributed by atoms with Gasteiger partial charge in [-0.1, -0.05) is 36.4 Å². The Morgan fingerprint density at radius 3 is 1.52 bits per heavy atom. The van der Waals surface area contributed by atoms with Crippen LogP contribution in [0.4, 0.5) is 16.2 Å². The van der Waals surface area contributed by atoms with E-state index >= 15 is 0 Å². The van der Waals surface area contributed by atoms with E-state index in [9.17, 15) is 4.79 Å². The molecule has 0 fully saturated rings. The monoisotopic (exact) mass is 283 g/mol. The fourth-order valence-electron chi connectivity index (χ4n) is 1.33. The third kappa shape index (κ3) is 7.08. The second-order valence-electron chi connectivity index (χ2n) is 3.78. The Hall–Kier alpha value is -3.20. The zero-order valence-electron chi connectivity index (χ0n) is 11.6. The first-order valence-electron chi connectivity index (χ1n) is 6.25. The van der Waals surface area contributed by atoms with Gasteiger partial charge < -0.3 is 0 Å². The normalized spacial score (nSPS) is 8.38. The Morgan fingerprint density at radius 1 is 0.857 bits per heavy atom. The minimum Gasteiger partial charge on any atom is -0.297 e. The second-order valence-corrected chi connectivity index (χ2v) is 3.78. The summed E-state index contributed by atoms with van der Waals surface area (Å²) in [5.74, 6) is 0. The van der Waals surface area contributed by atoms with E-state index in [1.165, 1.54) is 6.92 Å². The topological polar surface area (TPSA) is 89.0 Å². The summed E-state index contributed by atoms with van der Waals surface area (Å²) in [6.07, 6.45) is 0. The van der Waals surface area contributed by atoms with Gasteiger partial charge in [-0.3, -0.25) is 21.7 Å². The maximum Gasteiger partial charge on any atom is 0.352 e. The maximum absolute atomic E-state index is 11.4. The smallest absolute Gasteiger partial charge is 0.297 e. The number of hydrazine groups is 2. The van der Waals surface area contributed by atoms with E-state index in [0.29, 0.717) is 0 Å². The average Bonchev–Trinajstić information content (AvgIpc) is 2.54. The third-order valence-corrected chi connectivity index (χ3v) is 2.19. The van der Waals surface area contributed by atoms with Gasteiger partial charge in [-0.05, 0) is 24.3 Å². The van der Waals surface area contributed by atoms with Crippen LogP contribution in [0.3, 0.4) is 0 Å². The van der Waals surface area contributed by atoms with Crippen LogP contribution < -0.4 is 21.7 Å². The molecule has 4 N–H and O–H groups in total. The largest absolute Gasteiger partial charge is 0.352 e. The molecule has 0 unspecified atom stereocenters. The number of para-hydroxylation sites is 2. The lowest BCUT2D eigenvalue weighted by Gasteiger charge is -2.11. The fourth-order valence-corrected chi connectivity index (χ4v) is 1.33. The van der Waals surface area contributed by atoms with Gasteiger partial charge in [0.15, 0.2) is 0 Å². The Morgan fingerprint density at radius 2 is 1.19 bits per heavy atom. The van der Waals surface area contributed by atoms with E-state index in [4.69, 9.17) is 5.26 Å². The van der Waals surface area contributed by atoms with Gasteiger partial charge in [-0.25, -0.2) is 4.79 Å². The van der Waals surface area contributed by atoms with Crippen LogP contribution in [0.5, 0.6) is 0 Å². The van der Waals surface area contributed by atoms with Crippen LogP contribution in [-0.4, -0.2) is 6.03 Å². The van der Waals surface area contributed by atoms with Gasteiger partial charge in [-0.15, -0.1) is 0 Å². The highest BCUT2D eigenvalue weighted by Crippen LogP contribution is 2.03. The summed E-state index contributed by atoms with van der Waals surface area (Å²) >= 11 is 0. The van der Waals surface area contributed by atoms with E-state index < -0.39 is 0 Å². The summed E-state index contributed by atoms with van der Waals surface area (Å²) in [6, 6.07) is 20.1. The summed E-state index contributed by atoms with van der Waals surface area (Å²) in [5, 5.41) is 7.32. The van der Waals surface area contributed by atoms with E-state index in [0.717, 1.165) is 11.4 Å². The number of rotatable bonds is 4. The molecule has 21 heavy (non-hydrogen) atoms. The minimum atomic E-state index is -0.372. The molecule has 108 valence electrons. The zero-order chi connectivity index (χ0) is 15.3. The van der Waals surface area contributed by atoms with E-state index in [-0.39, 0.29) is 6.03 Å². The molecule has 0 aliphatic heterocycles. The van der Waals surface area contributed by atoms with Crippen molar-refractivity contribution in [2.75, 3.05) is 10.9 Å². The quantitative estimate of drug-likeness (QED) is 0.650. The molecule has 2 amide bonds.